The van der Waals surface area contributed by atoms with Gasteiger partial charge in [-0.25, -0.2) is 4.98 Å². The van der Waals surface area contributed by atoms with Gasteiger partial charge in [0.2, 0.25) is 5.91 Å². The minimum atomic E-state index is 0.00263. The topological polar surface area (TPSA) is 42.0 Å². The van der Waals surface area contributed by atoms with Crippen LogP contribution < -0.4 is 5.32 Å². The van der Waals surface area contributed by atoms with Crippen molar-refractivity contribution in [3.63, 3.8) is 0 Å². The molecule has 3 rings (SSSR count). The summed E-state index contributed by atoms with van der Waals surface area (Å²) in [4.78, 5) is 17.0. The van der Waals surface area contributed by atoms with Gasteiger partial charge >= 0.3 is 0 Å². The summed E-state index contributed by atoms with van der Waals surface area (Å²) in [5.74, 6) is 0.381. The SMILES string of the molecule is Cc1cc(SCC(=O)N[C@@H](C)c2ccccc2)nc2c(C)cccc12. The first-order valence-corrected chi connectivity index (χ1v) is 9.37. The molecule has 3 aromatic rings. The number of hydrogen-bond acceptors (Lipinski definition) is 3. The fraction of sp³-hybridized carbons (Fsp3) is 0.238. The second kappa shape index (κ2) is 7.70. The molecule has 0 saturated carbocycles. The first-order chi connectivity index (χ1) is 12.0. The van der Waals surface area contributed by atoms with E-state index in [-0.39, 0.29) is 11.9 Å². The van der Waals surface area contributed by atoms with E-state index in [1.165, 1.54) is 22.7 Å². The summed E-state index contributed by atoms with van der Waals surface area (Å²) in [6.07, 6.45) is 0. The van der Waals surface area contributed by atoms with Crippen molar-refractivity contribution < 1.29 is 4.79 Å². The molecule has 1 amide bonds. The number of nitrogens with one attached hydrogen (secondary N) is 1. The largest absolute Gasteiger partial charge is 0.349 e. The average Bonchev–Trinajstić information content (AvgIpc) is 2.61. The van der Waals surface area contributed by atoms with Crippen LogP contribution in [0.3, 0.4) is 0 Å². The maximum Gasteiger partial charge on any atom is 0.230 e. The number of benzene rings is 2. The van der Waals surface area contributed by atoms with Gasteiger partial charge in [0.1, 0.15) is 0 Å². The predicted molar refractivity (Wildman–Crippen MR) is 105 cm³/mol. The van der Waals surface area contributed by atoms with Crippen LogP contribution in [0.1, 0.15) is 29.7 Å². The van der Waals surface area contributed by atoms with Crippen molar-refractivity contribution in [2.24, 2.45) is 0 Å². The second-order valence-electron chi connectivity index (χ2n) is 6.24. The van der Waals surface area contributed by atoms with Gasteiger partial charge in [-0.05, 0) is 43.5 Å². The van der Waals surface area contributed by atoms with Gasteiger partial charge in [-0.1, -0.05) is 60.3 Å². The monoisotopic (exact) mass is 350 g/mol. The van der Waals surface area contributed by atoms with Crippen LogP contribution >= 0.6 is 11.8 Å². The molecule has 1 aromatic heterocycles. The molecule has 2 aromatic carbocycles. The number of rotatable bonds is 5. The van der Waals surface area contributed by atoms with Gasteiger partial charge in [0.05, 0.1) is 22.3 Å². The molecular formula is C21H22N2OS. The molecule has 128 valence electrons. The van der Waals surface area contributed by atoms with Gasteiger partial charge in [-0.3, -0.25) is 4.79 Å². The summed E-state index contributed by atoms with van der Waals surface area (Å²) in [7, 11) is 0. The quantitative estimate of drug-likeness (QED) is 0.671. The van der Waals surface area contributed by atoms with Gasteiger partial charge in [0.25, 0.3) is 0 Å². The number of hydrogen-bond donors (Lipinski definition) is 1. The fourth-order valence-electron chi connectivity index (χ4n) is 2.85. The molecule has 1 heterocycles. The van der Waals surface area contributed by atoms with E-state index in [9.17, 15) is 4.79 Å². The third kappa shape index (κ3) is 4.20. The number of aryl methyl sites for hydroxylation is 2. The number of fused-ring (bicyclic) bond motifs is 1. The Hall–Kier alpha value is -2.33. The fourth-order valence-corrected chi connectivity index (χ4v) is 3.63. The zero-order chi connectivity index (χ0) is 17.8. The van der Waals surface area contributed by atoms with E-state index in [2.05, 4.69) is 43.4 Å². The van der Waals surface area contributed by atoms with E-state index in [4.69, 9.17) is 4.98 Å². The molecule has 0 bridgehead atoms. The Morgan fingerprint density at radius 1 is 1.08 bits per heavy atom. The maximum absolute atomic E-state index is 12.3. The van der Waals surface area contributed by atoms with Gasteiger partial charge in [0, 0.05) is 5.39 Å². The van der Waals surface area contributed by atoms with Crippen molar-refractivity contribution in [1.29, 1.82) is 0 Å². The Bertz CT molecular complexity index is 893. The van der Waals surface area contributed by atoms with Crippen molar-refractivity contribution in [3.05, 3.63) is 71.3 Å². The lowest BCUT2D eigenvalue weighted by Crippen LogP contribution is -2.28. The number of thioether (sulfide) groups is 1. The first-order valence-electron chi connectivity index (χ1n) is 8.38. The maximum atomic E-state index is 12.3. The summed E-state index contributed by atoms with van der Waals surface area (Å²) in [5.41, 5.74) is 4.47. The molecule has 0 spiro atoms. The number of nitrogens with zero attached hydrogens (tertiary/aromatic N) is 1. The lowest BCUT2D eigenvalue weighted by Gasteiger charge is -2.14. The number of amides is 1. The highest BCUT2D eigenvalue weighted by Gasteiger charge is 2.11. The number of aromatic nitrogens is 1. The summed E-state index contributed by atoms with van der Waals surface area (Å²) in [6, 6.07) is 18.3. The molecule has 0 aliphatic rings. The molecule has 0 aliphatic carbocycles. The second-order valence-corrected chi connectivity index (χ2v) is 7.23. The summed E-state index contributed by atoms with van der Waals surface area (Å²) in [5, 5.41) is 5.11. The van der Waals surface area contributed by atoms with Crippen LogP contribution in [0, 0.1) is 13.8 Å². The normalized spacial score (nSPS) is 12.1. The average molecular weight is 350 g/mol. The van der Waals surface area contributed by atoms with Crippen LogP contribution in [0.4, 0.5) is 0 Å². The number of para-hydroxylation sites is 1. The minimum Gasteiger partial charge on any atom is -0.349 e. The Morgan fingerprint density at radius 2 is 1.84 bits per heavy atom. The molecule has 25 heavy (non-hydrogen) atoms. The van der Waals surface area contributed by atoms with Crippen LogP contribution in [-0.2, 0) is 4.79 Å². The Balaban J connectivity index is 1.66. The van der Waals surface area contributed by atoms with Crippen molar-refractivity contribution in [2.45, 2.75) is 31.8 Å². The molecule has 0 aliphatic heterocycles. The molecule has 0 saturated heterocycles. The molecule has 1 N–H and O–H groups in total. The van der Waals surface area contributed by atoms with Crippen LogP contribution in [0.2, 0.25) is 0 Å². The summed E-state index contributed by atoms with van der Waals surface area (Å²) in [6.45, 7) is 6.15. The van der Waals surface area contributed by atoms with Crippen LogP contribution in [0.15, 0.2) is 59.6 Å². The van der Waals surface area contributed by atoms with E-state index in [1.54, 1.807) is 0 Å². The van der Waals surface area contributed by atoms with Gasteiger partial charge in [-0.2, -0.15) is 0 Å². The molecular weight excluding hydrogens is 328 g/mol. The summed E-state index contributed by atoms with van der Waals surface area (Å²) < 4.78 is 0. The van der Waals surface area contributed by atoms with Gasteiger partial charge in [0.15, 0.2) is 0 Å². The van der Waals surface area contributed by atoms with Crippen molar-refractivity contribution in [1.82, 2.24) is 10.3 Å². The van der Waals surface area contributed by atoms with E-state index >= 15 is 0 Å². The minimum absolute atomic E-state index is 0.00263. The molecule has 3 nitrogen and oxygen atoms in total. The van der Waals surface area contributed by atoms with E-state index in [1.807, 2.05) is 37.3 Å². The van der Waals surface area contributed by atoms with Crippen LogP contribution in [0.5, 0.6) is 0 Å². The molecule has 1 atom stereocenters. The molecule has 0 unspecified atom stereocenters. The van der Waals surface area contributed by atoms with Crippen LogP contribution in [-0.4, -0.2) is 16.6 Å². The summed E-state index contributed by atoms with van der Waals surface area (Å²) >= 11 is 1.48. The molecule has 4 heteroatoms. The zero-order valence-electron chi connectivity index (χ0n) is 14.7. The lowest BCUT2D eigenvalue weighted by molar-refractivity contribution is -0.119. The third-order valence-corrected chi connectivity index (χ3v) is 5.16. The lowest BCUT2D eigenvalue weighted by atomic mass is 10.1. The Labute approximate surface area is 152 Å². The van der Waals surface area contributed by atoms with Crippen molar-refractivity contribution in [2.75, 3.05) is 5.75 Å². The van der Waals surface area contributed by atoms with Gasteiger partial charge < -0.3 is 5.32 Å². The van der Waals surface area contributed by atoms with E-state index in [0.29, 0.717) is 5.75 Å². The van der Waals surface area contributed by atoms with Gasteiger partial charge in [-0.15, -0.1) is 0 Å². The smallest absolute Gasteiger partial charge is 0.230 e. The highest BCUT2D eigenvalue weighted by Crippen LogP contribution is 2.25. The molecule has 0 radical (unpaired) electrons. The Kier molecular flexibility index (Phi) is 5.39. The highest BCUT2D eigenvalue weighted by atomic mass is 32.2. The predicted octanol–water partition coefficient (Wildman–Crippen LogP) is 4.82. The zero-order valence-corrected chi connectivity index (χ0v) is 15.6. The van der Waals surface area contributed by atoms with E-state index < -0.39 is 0 Å². The first kappa shape index (κ1) is 17.5. The number of pyridine rings is 1. The van der Waals surface area contributed by atoms with Crippen molar-refractivity contribution >= 4 is 28.6 Å². The third-order valence-electron chi connectivity index (χ3n) is 4.25. The molecule has 0 fully saturated rings. The van der Waals surface area contributed by atoms with E-state index in [0.717, 1.165) is 21.7 Å². The highest BCUT2D eigenvalue weighted by molar-refractivity contribution is 7.99. The number of carbonyl (C=O) groups is 1. The number of carbonyl (C=O) groups excluding carboxylic acids is 1. The van der Waals surface area contributed by atoms with Crippen LogP contribution in [0.25, 0.3) is 10.9 Å². The Morgan fingerprint density at radius 3 is 2.60 bits per heavy atom. The standard InChI is InChI=1S/C21H22N2OS/c1-14-8-7-11-18-15(2)12-20(23-21(14)18)25-13-19(24)22-16(3)17-9-5-4-6-10-17/h4-12,16H,13H2,1-3H3,(H,22,24)/t16-/m0/s1. The van der Waals surface area contributed by atoms with Crippen molar-refractivity contribution in [3.8, 4) is 0 Å².